The molecule has 0 spiro atoms. The number of H-pyrrole nitrogens is 1. The third-order valence-electron chi connectivity index (χ3n) is 5.45. The number of likely N-dealkylation sites (tertiary alicyclic amines) is 1. The van der Waals surface area contributed by atoms with Gasteiger partial charge in [0.05, 0.1) is 0 Å². The van der Waals surface area contributed by atoms with Gasteiger partial charge in [-0.3, -0.25) is 0 Å². The van der Waals surface area contributed by atoms with Crippen LogP contribution in [0.4, 0.5) is 0 Å². The Kier molecular flexibility index (Phi) is 4.40. The van der Waals surface area contributed by atoms with E-state index in [1.165, 1.54) is 66.5 Å². The van der Waals surface area contributed by atoms with Crippen LogP contribution in [0, 0.1) is 6.92 Å². The first-order valence-electron chi connectivity index (χ1n) is 9.13. The van der Waals surface area contributed by atoms with Crippen molar-refractivity contribution in [1.82, 2.24) is 9.88 Å². The number of nitrogens with zero attached hydrogens (tertiary/aromatic N) is 1. The predicted octanol–water partition coefficient (Wildman–Crippen LogP) is 4.90. The van der Waals surface area contributed by atoms with Gasteiger partial charge in [-0.2, -0.15) is 0 Å². The maximum absolute atomic E-state index is 3.43. The number of rotatable bonds is 4. The van der Waals surface area contributed by atoms with Gasteiger partial charge in [0.2, 0.25) is 0 Å². The van der Waals surface area contributed by atoms with Gasteiger partial charge < -0.3 is 9.88 Å². The number of hydrogen-bond acceptors (Lipinski definition) is 1. The van der Waals surface area contributed by atoms with Crippen molar-refractivity contribution in [3.05, 3.63) is 71.4 Å². The monoisotopic (exact) mass is 318 g/mol. The van der Waals surface area contributed by atoms with Crippen LogP contribution in [-0.2, 0) is 6.42 Å². The fraction of sp³-hybridized carbons (Fsp3) is 0.364. The van der Waals surface area contributed by atoms with Crippen molar-refractivity contribution in [2.24, 2.45) is 0 Å². The van der Waals surface area contributed by atoms with E-state index in [1.54, 1.807) is 0 Å². The predicted molar refractivity (Wildman–Crippen MR) is 102 cm³/mol. The summed E-state index contributed by atoms with van der Waals surface area (Å²) in [5, 5.41) is 1.41. The Labute approximate surface area is 144 Å². The minimum atomic E-state index is 0.705. The molecule has 0 radical (unpaired) electrons. The molecule has 2 heterocycles. The number of benzene rings is 2. The molecule has 0 aliphatic carbocycles. The number of aromatic nitrogens is 1. The summed E-state index contributed by atoms with van der Waals surface area (Å²) in [6.45, 7) is 5.80. The van der Waals surface area contributed by atoms with Gasteiger partial charge >= 0.3 is 0 Å². The zero-order valence-corrected chi connectivity index (χ0v) is 14.5. The van der Waals surface area contributed by atoms with Crippen LogP contribution < -0.4 is 0 Å². The van der Waals surface area contributed by atoms with Crippen molar-refractivity contribution >= 4 is 10.9 Å². The lowest BCUT2D eigenvalue weighted by Gasteiger charge is -2.32. The van der Waals surface area contributed by atoms with E-state index in [2.05, 4.69) is 71.5 Å². The van der Waals surface area contributed by atoms with Gasteiger partial charge in [-0.25, -0.2) is 0 Å². The van der Waals surface area contributed by atoms with E-state index in [9.17, 15) is 0 Å². The van der Waals surface area contributed by atoms with Gasteiger partial charge in [0.25, 0.3) is 0 Å². The smallest absolute Gasteiger partial charge is 0.0456 e. The van der Waals surface area contributed by atoms with Crippen LogP contribution >= 0.6 is 0 Å². The van der Waals surface area contributed by atoms with Gasteiger partial charge in [-0.1, -0.05) is 48.0 Å². The van der Waals surface area contributed by atoms with E-state index in [0.717, 1.165) is 0 Å². The molecule has 0 bridgehead atoms. The summed E-state index contributed by atoms with van der Waals surface area (Å²) in [5.74, 6) is 0.705. The van der Waals surface area contributed by atoms with Crippen LogP contribution in [0.25, 0.3) is 10.9 Å². The summed E-state index contributed by atoms with van der Waals surface area (Å²) < 4.78 is 0. The molecule has 0 atom stereocenters. The Morgan fingerprint density at radius 3 is 2.71 bits per heavy atom. The zero-order valence-electron chi connectivity index (χ0n) is 14.5. The largest absolute Gasteiger partial charge is 0.361 e. The normalized spacial score (nSPS) is 16.7. The molecule has 1 aliphatic rings. The van der Waals surface area contributed by atoms with E-state index in [0.29, 0.717) is 5.92 Å². The summed E-state index contributed by atoms with van der Waals surface area (Å²) >= 11 is 0. The Bertz CT molecular complexity index is 809. The van der Waals surface area contributed by atoms with Crippen molar-refractivity contribution in [3.63, 3.8) is 0 Å². The van der Waals surface area contributed by atoms with Crippen LogP contribution in [0.15, 0.2) is 54.7 Å². The lowest BCUT2D eigenvalue weighted by Crippen LogP contribution is -2.34. The standard InChI is InChI=1S/C22H26N2/c1-17-5-4-6-18(15-17)9-12-24-13-10-19(11-14-24)21-16-23-22-8-3-2-7-20(21)22/h2-8,15-16,19,23H,9-14H2,1H3. The van der Waals surface area contributed by atoms with Crippen LogP contribution in [0.5, 0.6) is 0 Å². The number of aromatic amines is 1. The summed E-state index contributed by atoms with van der Waals surface area (Å²) in [4.78, 5) is 6.07. The highest BCUT2D eigenvalue weighted by atomic mass is 15.1. The number of para-hydroxylation sites is 1. The second kappa shape index (κ2) is 6.82. The molecule has 2 aromatic carbocycles. The highest BCUT2D eigenvalue weighted by molar-refractivity contribution is 5.83. The molecule has 2 nitrogen and oxygen atoms in total. The fourth-order valence-corrected chi connectivity index (χ4v) is 4.05. The molecule has 1 aliphatic heterocycles. The van der Waals surface area contributed by atoms with Crippen molar-refractivity contribution in [1.29, 1.82) is 0 Å². The topological polar surface area (TPSA) is 19.0 Å². The Morgan fingerprint density at radius 2 is 1.88 bits per heavy atom. The summed E-state index contributed by atoms with van der Waals surface area (Å²) in [6.07, 6.45) is 5.95. The number of hydrogen-bond donors (Lipinski definition) is 1. The molecule has 24 heavy (non-hydrogen) atoms. The van der Waals surface area contributed by atoms with E-state index in [4.69, 9.17) is 0 Å². The van der Waals surface area contributed by atoms with Crippen molar-refractivity contribution < 1.29 is 0 Å². The molecule has 4 rings (SSSR count). The molecule has 1 saturated heterocycles. The lowest BCUT2D eigenvalue weighted by atomic mass is 9.89. The Hall–Kier alpha value is -2.06. The first-order valence-corrected chi connectivity index (χ1v) is 9.13. The molecule has 1 N–H and O–H groups in total. The maximum atomic E-state index is 3.43. The SMILES string of the molecule is Cc1cccc(CCN2CCC(c3c[nH]c4ccccc34)CC2)c1. The average Bonchev–Trinajstić information content (AvgIpc) is 3.05. The molecule has 0 unspecified atom stereocenters. The summed E-state index contributed by atoms with van der Waals surface area (Å²) in [6, 6.07) is 17.6. The lowest BCUT2D eigenvalue weighted by molar-refractivity contribution is 0.215. The minimum absolute atomic E-state index is 0.705. The van der Waals surface area contributed by atoms with Crippen molar-refractivity contribution in [3.8, 4) is 0 Å². The molecule has 2 heteroatoms. The maximum Gasteiger partial charge on any atom is 0.0456 e. The van der Waals surface area contributed by atoms with Gasteiger partial charge in [-0.05, 0) is 62.4 Å². The van der Waals surface area contributed by atoms with Crippen LogP contribution in [0.3, 0.4) is 0 Å². The average molecular weight is 318 g/mol. The van der Waals surface area contributed by atoms with E-state index in [1.807, 2.05) is 0 Å². The molecular weight excluding hydrogens is 292 g/mol. The first kappa shape index (κ1) is 15.5. The zero-order chi connectivity index (χ0) is 16.4. The van der Waals surface area contributed by atoms with E-state index >= 15 is 0 Å². The molecule has 124 valence electrons. The number of nitrogens with one attached hydrogen (secondary N) is 1. The molecule has 1 fully saturated rings. The Morgan fingerprint density at radius 1 is 1.04 bits per heavy atom. The van der Waals surface area contributed by atoms with Crippen molar-refractivity contribution in [2.75, 3.05) is 19.6 Å². The van der Waals surface area contributed by atoms with Gasteiger partial charge in [0.1, 0.15) is 0 Å². The van der Waals surface area contributed by atoms with Crippen LogP contribution in [0.1, 0.15) is 35.4 Å². The second-order valence-corrected chi connectivity index (χ2v) is 7.14. The van der Waals surface area contributed by atoms with Gasteiger partial charge in [-0.15, -0.1) is 0 Å². The minimum Gasteiger partial charge on any atom is -0.361 e. The molecule has 3 aromatic rings. The van der Waals surface area contributed by atoms with E-state index < -0.39 is 0 Å². The quantitative estimate of drug-likeness (QED) is 0.725. The highest BCUT2D eigenvalue weighted by Gasteiger charge is 2.22. The van der Waals surface area contributed by atoms with Gasteiger partial charge in [0, 0.05) is 23.6 Å². The van der Waals surface area contributed by atoms with Crippen molar-refractivity contribution in [2.45, 2.75) is 32.1 Å². The van der Waals surface area contributed by atoms with Crippen LogP contribution in [-0.4, -0.2) is 29.5 Å². The second-order valence-electron chi connectivity index (χ2n) is 7.14. The molecule has 0 amide bonds. The highest BCUT2D eigenvalue weighted by Crippen LogP contribution is 2.33. The third-order valence-corrected chi connectivity index (χ3v) is 5.45. The molecule has 1 aromatic heterocycles. The number of fused-ring (bicyclic) bond motifs is 1. The summed E-state index contributed by atoms with van der Waals surface area (Å²) in [5.41, 5.74) is 5.62. The summed E-state index contributed by atoms with van der Waals surface area (Å²) in [7, 11) is 0. The molecular formula is C22H26N2. The number of aryl methyl sites for hydroxylation is 1. The van der Waals surface area contributed by atoms with Crippen LogP contribution in [0.2, 0.25) is 0 Å². The fourth-order valence-electron chi connectivity index (χ4n) is 4.05. The Balaban J connectivity index is 1.35. The van der Waals surface area contributed by atoms with Gasteiger partial charge in [0.15, 0.2) is 0 Å². The number of piperidine rings is 1. The van der Waals surface area contributed by atoms with E-state index in [-0.39, 0.29) is 0 Å². The third kappa shape index (κ3) is 3.25. The molecule has 0 saturated carbocycles. The first-order chi connectivity index (χ1) is 11.8.